The van der Waals surface area contributed by atoms with Crippen molar-refractivity contribution >= 4 is 18.0 Å². The van der Waals surface area contributed by atoms with Crippen LogP contribution in [0.15, 0.2) is 60.7 Å². The molecule has 0 radical (unpaired) electrons. The number of hydrogen-bond acceptors (Lipinski definition) is 3. The van der Waals surface area contributed by atoms with Crippen molar-refractivity contribution in [2.45, 2.75) is 44.9 Å². The number of methoxy groups -OCH3 is 1. The van der Waals surface area contributed by atoms with Crippen molar-refractivity contribution in [2.75, 3.05) is 7.11 Å². The third kappa shape index (κ3) is 8.67. The molecular weight excluding hydrogens is 392 g/mol. The third-order valence-electron chi connectivity index (χ3n) is 5.51. The number of carboxylic acid groups (broad SMARTS) is 2. The first-order chi connectivity index (χ1) is 15.0. The summed E-state index contributed by atoms with van der Waals surface area (Å²) in [6.07, 6.45) is 8.83. The number of allylic oxidation sites excluding steroid dienone is 1. The molecule has 166 valence electrons. The Morgan fingerprint density at radius 1 is 0.871 bits per heavy atom. The highest BCUT2D eigenvalue weighted by molar-refractivity contribution is 5.80. The summed E-state index contributed by atoms with van der Waals surface area (Å²) >= 11 is 0. The average molecular weight is 425 g/mol. The lowest BCUT2D eigenvalue weighted by atomic mass is 9.85. The second-order valence-corrected chi connectivity index (χ2v) is 7.74. The molecule has 0 aromatic heterocycles. The van der Waals surface area contributed by atoms with Gasteiger partial charge >= 0.3 is 11.9 Å². The van der Waals surface area contributed by atoms with Gasteiger partial charge in [0.2, 0.25) is 0 Å². The second kappa shape index (κ2) is 13.3. The van der Waals surface area contributed by atoms with Crippen LogP contribution < -0.4 is 4.74 Å². The zero-order chi connectivity index (χ0) is 22.5. The molecule has 0 amide bonds. The predicted molar refractivity (Wildman–Crippen MR) is 122 cm³/mol. The minimum atomic E-state index is -1.06. The Bertz CT molecular complexity index is 827. The predicted octanol–water partition coefficient (Wildman–Crippen LogP) is 5.69. The molecule has 0 saturated carbocycles. The number of carboxylic acids is 2. The van der Waals surface area contributed by atoms with Crippen LogP contribution in [0.4, 0.5) is 0 Å². The zero-order valence-corrected chi connectivity index (χ0v) is 18.1. The van der Waals surface area contributed by atoms with Crippen LogP contribution in [0, 0.1) is 11.8 Å². The molecule has 5 heteroatoms. The molecule has 31 heavy (non-hydrogen) atoms. The summed E-state index contributed by atoms with van der Waals surface area (Å²) in [5.41, 5.74) is 2.22. The summed E-state index contributed by atoms with van der Waals surface area (Å²) in [5.74, 6) is -3.16. The van der Waals surface area contributed by atoms with E-state index in [1.807, 2.05) is 48.5 Å². The molecule has 0 heterocycles. The zero-order valence-electron chi connectivity index (χ0n) is 18.1. The molecular formula is C26H32O5. The van der Waals surface area contributed by atoms with Crippen LogP contribution in [0.3, 0.4) is 0 Å². The van der Waals surface area contributed by atoms with Gasteiger partial charge in [-0.2, -0.15) is 0 Å². The van der Waals surface area contributed by atoms with E-state index in [4.69, 9.17) is 4.74 Å². The Labute approximate surface area is 184 Å². The summed E-state index contributed by atoms with van der Waals surface area (Å²) in [6, 6.07) is 17.7. The summed E-state index contributed by atoms with van der Waals surface area (Å²) in [6.45, 7) is 0. The number of rotatable bonds is 14. The standard InChI is InChI=1S/C26H32O5/c1-31-22-18-16-21(17-19-22)13-9-15-24(26(29)30)23(25(27)28)14-8-3-2-5-10-20-11-6-4-7-12-20/h4,6-7,9,11-13,16-19,23-24H,2-3,5,8,10,14-15H2,1H3,(H,27,28)(H,29,30)/b13-9+/t23-,24+/m0/s1. The molecule has 0 saturated heterocycles. The smallest absolute Gasteiger partial charge is 0.307 e. The van der Waals surface area contributed by atoms with Gasteiger partial charge in [-0.3, -0.25) is 9.59 Å². The molecule has 0 aliphatic heterocycles. The van der Waals surface area contributed by atoms with E-state index in [9.17, 15) is 19.8 Å². The van der Waals surface area contributed by atoms with E-state index < -0.39 is 23.8 Å². The van der Waals surface area contributed by atoms with Crippen molar-refractivity contribution in [1.82, 2.24) is 0 Å². The maximum Gasteiger partial charge on any atom is 0.307 e. The SMILES string of the molecule is COc1ccc(/C=C/C[C@@H](C(=O)O)[C@H](CCCCCCc2ccccc2)C(=O)O)cc1. The van der Waals surface area contributed by atoms with Gasteiger partial charge in [-0.1, -0.05) is 73.9 Å². The van der Waals surface area contributed by atoms with Gasteiger partial charge in [-0.15, -0.1) is 0 Å². The lowest BCUT2D eigenvalue weighted by molar-refractivity contribution is -0.154. The van der Waals surface area contributed by atoms with Crippen molar-refractivity contribution in [3.8, 4) is 5.75 Å². The van der Waals surface area contributed by atoms with E-state index in [-0.39, 0.29) is 6.42 Å². The van der Waals surface area contributed by atoms with Crippen LogP contribution in [-0.2, 0) is 16.0 Å². The number of aliphatic carboxylic acids is 2. The molecule has 0 bridgehead atoms. The Balaban J connectivity index is 1.81. The minimum absolute atomic E-state index is 0.187. The van der Waals surface area contributed by atoms with E-state index in [1.54, 1.807) is 13.2 Å². The van der Waals surface area contributed by atoms with Crippen LogP contribution in [-0.4, -0.2) is 29.3 Å². The molecule has 0 unspecified atom stereocenters. The molecule has 0 fully saturated rings. The van der Waals surface area contributed by atoms with Gasteiger partial charge in [-0.05, 0) is 48.9 Å². The van der Waals surface area contributed by atoms with Crippen LogP contribution in [0.2, 0.25) is 0 Å². The largest absolute Gasteiger partial charge is 0.497 e. The number of aryl methyl sites for hydroxylation is 1. The molecule has 2 N–H and O–H groups in total. The fourth-order valence-corrected chi connectivity index (χ4v) is 3.69. The third-order valence-corrected chi connectivity index (χ3v) is 5.51. The molecule has 2 rings (SSSR count). The second-order valence-electron chi connectivity index (χ2n) is 7.74. The molecule has 5 nitrogen and oxygen atoms in total. The fraction of sp³-hybridized carbons (Fsp3) is 0.385. The minimum Gasteiger partial charge on any atom is -0.497 e. The number of unbranched alkanes of at least 4 members (excludes halogenated alkanes) is 3. The molecule has 2 atom stereocenters. The van der Waals surface area contributed by atoms with E-state index in [0.29, 0.717) is 6.42 Å². The maximum absolute atomic E-state index is 11.8. The fourth-order valence-electron chi connectivity index (χ4n) is 3.69. The summed E-state index contributed by atoms with van der Waals surface area (Å²) < 4.78 is 5.12. The first-order valence-corrected chi connectivity index (χ1v) is 10.8. The normalized spacial score (nSPS) is 13.1. The number of carbonyl (C=O) groups is 2. The Morgan fingerprint density at radius 3 is 2.13 bits per heavy atom. The van der Waals surface area contributed by atoms with Crippen molar-refractivity contribution in [2.24, 2.45) is 11.8 Å². The summed E-state index contributed by atoms with van der Waals surface area (Å²) in [4.78, 5) is 23.5. The monoisotopic (exact) mass is 424 g/mol. The Morgan fingerprint density at radius 2 is 1.52 bits per heavy atom. The van der Waals surface area contributed by atoms with E-state index in [2.05, 4.69) is 12.1 Å². The average Bonchev–Trinajstić information content (AvgIpc) is 2.77. The van der Waals surface area contributed by atoms with Gasteiger partial charge in [0.05, 0.1) is 18.9 Å². The van der Waals surface area contributed by atoms with Gasteiger partial charge in [0.1, 0.15) is 5.75 Å². The van der Waals surface area contributed by atoms with Crippen molar-refractivity contribution in [3.63, 3.8) is 0 Å². The lowest BCUT2D eigenvalue weighted by Gasteiger charge is -2.19. The van der Waals surface area contributed by atoms with Gasteiger partial charge in [-0.25, -0.2) is 0 Å². The number of benzene rings is 2. The van der Waals surface area contributed by atoms with E-state index in [0.717, 1.165) is 43.4 Å². The first kappa shape index (κ1) is 24.2. The summed E-state index contributed by atoms with van der Waals surface area (Å²) in [5, 5.41) is 19.2. The lowest BCUT2D eigenvalue weighted by Crippen LogP contribution is -2.29. The first-order valence-electron chi connectivity index (χ1n) is 10.8. The molecule has 0 spiro atoms. The van der Waals surface area contributed by atoms with Crippen molar-refractivity contribution in [1.29, 1.82) is 0 Å². The van der Waals surface area contributed by atoms with Gasteiger partial charge in [0.15, 0.2) is 0 Å². The van der Waals surface area contributed by atoms with Crippen LogP contribution in [0.25, 0.3) is 6.08 Å². The summed E-state index contributed by atoms with van der Waals surface area (Å²) in [7, 11) is 1.59. The van der Waals surface area contributed by atoms with Crippen LogP contribution in [0.5, 0.6) is 5.75 Å². The van der Waals surface area contributed by atoms with E-state index >= 15 is 0 Å². The van der Waals surface area contributed by atoms with Crippen molar-refractivity contribution in [3.05, 3.63) is 71.8 Å². The van der Waals surface area contributed by atoms with Gasteiger partial charge in [0.25, 0.3) is 0 Å². The van der Waals surface area contributed by atoms with E-state index in [1.165, 1.54) is 5.56 Å². The molecule has 0 aliphatic rings. The van der Waals surface area contributed by atoms with Gasteiger partial charge in [0, 0.05) is 0 Å². The Kier molecular flexibility index (Phi) is 10.4. The van der Waals surface area contributed by atoms with Crippen LogP contribution >= 0.6 is 0 Å². The molecule has 0 aliphatic carbocycles. The highest BCUT2D eigenvalue weighted by atomic mass is 16.5. The highest BCUT2D eigenvalue weighted by Gasteiger charge is 2.32. The van der Waals surface area contributed by atoms with Gasteiger partial charge < -0.3 is 14.9 Å². The maximum atomic E-state index is 11.8. The Hall–Kier alpha value is -3.08. The van der Waals surface area contributed by atoms with Crippen molar-refractivity contribution < 1.29 is 24.5 Å². The quantitative estimate of drug-likeness (QED) is 0.380. The topological polar surface area (TPSA) is 83.8 Å². The molecule has 2 aromatic carbocycles. The van der Waals surface area contributed by atoms with Crippen LogP contribution in [0.1, 0.15) is 49.7 Å². The number of ether oxygens (including phenoxy) is 1. The highest BCUT2D eigenvalue weighted by Crippen LogP contribution is 2.25. The molecule has 2 aromatic rings. The number of hydrogen-bond donors (Lipinski definition) is 2.